The molecule has 1 fully saturated rings. The molecule has 152 valence electrons. The molecule has 29 heavy (non-hydrogen) atoms. The molecule has 0 amide bonds. The van der Waals surface area contributed by atoms with E-state index in [4.69, 9.17) is 4.74 Å². The number of hydrogen-bond donors (Lipinski definition) is 0. The number of benzene rings is 2. The molecule has 1 aliphatic carbocycles. The zero-order valence-corrected chi connectivity index (χ0v) is 17.5. The molecule has 0 N–H and O–H groups in total. The van der Waals surface area contributed by atoms with Crippen LogP contribution < -0.4 is 0 Å². The number of hydrogen-bond acceptors (Lipinski definition) is 3. The Morgan fingerprint density at radius 3 is 2.59 bits per heavy atom. The lowest BCUT2D eigenvalue weighted by molar-refractivity contribution is -0.124. The van der Waals surface area contributed by atoms with Crippen LogP contribution in [0, 0.1) is 5.92 Å². The highest BCUT2D eigenvalue weighted by molar-refractivity contribution is 6.12. The van der Waals surface area contributed by atoms with Crippen molar-refractivity contribution in [1.82, 2.24) is 4.57 Å². The first-order valence-corrected chi connectivity index (χ1v) is 10.6. The second-order valence-electron chi connectivity index (χ2n) is 9.13. The molecule has 4 rings (SSSR count). The van der Waals surface area contributed by atoms with Crippen molar-refractivity contribution in [3.05, 3.63) is 48.0 Å². The van der Waals surface area contributed by atoms with Crippen LogP contribution in [0.4, 0.5) is 4.79 Å². The topological polar surface area (TPSA) is 48.3 Å². The highest BCUT2D eigenvalue weighted by atomic mass is 16.6. The Bertz CT molecular complexity index is 1070. The maximum atomic E-state index is 13.0. The van der Waals surface area contributed by atoms with Crippen LogP contribution >= 0.6 is 0 Å². The molecule has 0 spiro atoms. The summed E-state index contributed by atoms with van der Waals surface area (Å²) in [5.41, 5.74) is 2.32. The van der Waals surface area contributed by atoms with Gasteiger partial charge in [0.15, 0.2) is 0 Å². The molecule has 0 bridgehead atoms. The number of para-hydroxylation sites is 1. The van der Waals surface area contributed by atoms with Crippen LogP contribution in [0.15, 0.2) is 42.5 Å². The number of Topliss-reactive ketones (excluding diaryl/α,β-unsaturated/α-hetero) is 1. The standard InChI is InChI=1S/C25H29NO3/c1-25(2,3)29-24(28)26-21-10-6-5-9-19(21)20-15-13-17(16-22(20)26)12-14-18-8-4-7-11-23(18)27/h5-6,9-10,13,15-16,18H,4,7-8,11-12,14H2,1-3H3. The van der Waals surface area contributed by atoms with E-state index in [1.54, 1.807) is 4.57 Å². The van der Waals surface area contributed by atoms with Crippen LogP contribution in [0.3, 0.4) is 0 Å². The van der Waals surface area contributed by atoms with Crippen molar-refractivity contribution < 1.29 is 14.3 Å². The predicted molar refractivity (Wildman–Crippen MR) is 116 cm³/mol. The molecule has 1 heterocycles. The second kappa shape index (κ2) is 7.66. The highest BCUT2D eigenvalue weighted by Gasteiger charge is 2.24. The third-order valence-corrected chi connectivity index (χ3v) is 5.78. The molecule has 1 unspecified atom stereocenters. The van der Waals surface area contributed by atoms with Gasteiger partial charge in [0, 0.05) is 23.1 Å². The van der Waals surface area contributed by atoms with E-state index in [-0.39, 0.29) is 12.0 Å². The number of carbonyl (C=O) groups excluding carboxylic acids is 2. The van der Waals surface area contributed by atoms with E-state index in [0.29, 0.717) is 5.78 Å². The van der Waals surface area contributed by atoms with Gasteiger partial charge in [-0.15, -0.1) is 0 Å². The van der Waals surface area contributed by atoms with Crippen molar-refractivity contribution in [3.63, 3.8) is 0 Å². The molecule has 1 aromatic heterocycles. The van der Waals surface area contributed by atoms with Crippen LogP contribution in [-0.2, 0) is 16.0 Å². The van der Waals surface area contributed by atoms with Crippen LogP contribution in [0.25, 0.3) is 21.8 Å². The lowest BCUT2D eigenvalue weighted by atomic mass is 9.84. The van der Waals surface area contributed by atoms with Gasteiger partial charge in [0.1, 0.15) is 11.4 Å². The van der Waals surface area contributed by atoms with Gasteiger partial charge >= 0.3 is 6.09 Å². The van der Waals surface area contributed by atoms with E-state index in [0.717, 1.165) is 65.9 Å². The number of rotatable bonds is 3. The Hall–Kier alpha value is -2.62. The second-order valence-corrected chi connectivity index (χ2v) is 9.13. The maximum absolute atomic E-state index is 13.0. The van der Waals surface area contributed by atoms with E-state index in [2.05, 4.69) is 18.2 Å². The van der Waals surface area contributed by atoms with Gasteiger partial charge in [-0.2, -0.15) is 0 Å². The largest absolute Gasteiger partial charge is 0.443 e. The fourth-order valence-corrected chi connectivity index (χ4v) is 4.38. The number of carbonyl (C=O) groups is 2. The first-order chi connectivity index (χ1) is 13.8. The number of ether oxygens (including phenoxy) is 1. The lowest BCUT2D eigenvalue weighted by Crippen LogP contribution is -2.27. The van der Waals surface area contributed by atoms with E-state index >= 15 is 0 Å². The van der Waals surface area contributed by atoms with Crippen molar-refractivity contribution in [1.29, 1.82) is 0 Å². The molecule has 0 saturated heterocycles. The fraction of sp³-hybridized carbons (Fsp3) is 0.440. The SMILES string of the molecule is CC(C)(C)OC(=O)n1c2ccccc2c2ccc(CCC3CCCCC3=O)cc21. The van der Waals surface area contributed by atoms with Gasteiger partial charge in [0.25, 0.3) is 0 Å². The molecule has 0 radical (unpaired) electrons. The first-order valence-electron chi connectivity index (χ1n) is 10.6. The average molecular weight is 392 g/mol. The summed E-state index contributed by atoms with van der Waals surface area (Å²) < 4.78 is 7.37. The Kier molecular flexibility index (Phi) is 5.20. The summed E-state index contributed by atoms with van der Waals surface area (Å²) in [6.45, 7) is 5.64. The number of aromatic nitrogens is 1. The smallest absolute Gasteiger partial charge is 0.419 e. The summed E-state index contributed by atoms with van der Waals surface area (Å²) in [6.07, 6.45) is 5.32. The maximum Gasteiger partial charge on any atom is 0.419 e. The van der Waals surface area contributed by atoms with Gasteiger partial charge in [-0.25, -0.2) is 9.36 Å². The van der Waals surface area contributed by atoms with Crippen LogP contribution in [0.5, 0.6) is 0 Å². The lowest BCUT2D eigenvalue weighted by Gasteiger charge is -2.21. The van der Waals surface area contributed by atoms with Gasteiger partial charge < -0.3 is 4.74 Å². The van der Waals surface area contributed by atoms with Gasteiger partial charge in [-0.05, 0) is 64.2 Å². The van der Waals surface area contributed by atoms with Crippen molar-refractivity contribution in [2.24, 2.45) is 5.92 Å². The Labute approximate surface area is 171 Å². The molecule has 1 saturated carbocycles. The fourth-order valence-electron chi connectivity index (χ4n) is 4.38. The Balaban J connectivity index is 1.71. The minimum Gasteiger partial charge on any atom is -0.443 e. The molecule has 4 heteroatoms. The number of nitrogens with zero attached hydrogens (tertiary/aromatic N) is 1. The quantitative estimate of drug-likeness (QED) is 0.529. The van der Waals surface area contributed by atoms with E-state index < -0.39 is 5.60 Å². The van der Waals surface area contributed by atoms with Crippen molar-refractivity contribution in [3.8, 4) is 0 Å². The Morgan fingerprint density at radius 1 is 1.07 bits per heavy atom. The van der Waals surface area contributed by atoms with E-state index in [9.17, 15) is 9.59 Å². The molecule has 3 aromatic rings. The van der Waals surface area contributed by atoms with Crippen LogP contribution in [0.1, 0.15) is 58.4 Å². The number of ketones is 1. The van der Waals surface area contributed by atoms with Crippen LogP contribution in [-0.4, -0.2) is 22.0 Å². The molecule has 2 aromatic carbocycles. The number of aryl methyl sites for hydroxylation is 1. The van der Waals surface area contributed by atoms with Gasteiger partial charge in [0.2, 0.25) is 0 Å². The first kappa shape index (κ1) is 19.7. The minimum absolute atomic E-state index is 0.191. The highest BCUT2D eigenvalue weighted by Crippen LogP contribution is 2.31. The third-order valence-electron chi connectivity index (χ3n) is 5.78. The molecular formula is C25H29NO3. The third kappa shape index (κ3) is 4.07. The zero-order chi connectivity index (χ0) is 20.6. The van der Waals surface area contributed by atoms with Crippen molar-refractivity contribution >= 4 is 33.7 Å². The van der Waals surface area contributed by atoms with Crippen molar-refractivity contribution in [2.45, 2.75) is 64.9 Å². The monoisotopic (exact) mass is 391 g/mol. The average Bonchev–Trinajstić information content (AvgIpc) is 3.00. The number of fused-ring (bicyclic) bond motifs is 3. The predicted octanol–water partition coefficient (Wildman–Crippen LogP) is 6.27. The van der Waals surface area contributed by atoms with Gasteiger partial charge in [-0.3, -0.25) is 4.79 Å². The molecule has 1 atom stereocenters. The summed E-state index contributed by atoms with van der Waals surface area (Å²) in [6, 6.07) is 14.2. The summed E-state index contributed by atoms with van der Waals surface area (Å²) in [7, 11) is 0. The summed E-state index contributed by atoms with van der Waals surface area (Å²) in [5, 5.41) is 2.09. The Morgan fingerprint density at radius 2 is 1.83 bits per heavy atom. The summed E-state index contributed by atoms with van der Waals surface area (Å²) in [4.78, 5) is 25.2. The summed E-state index contributed by atoms with van der Waals surface area (Å²) >= 11 is 0. The minimum atomic E-state index is -0.562. The molecule has 0 aliphatic heterocycles. The van der Waals surface area contributed by atoms with E-state index in [1.807, 2.05) is 45.0 Å². The molecular weight excluding hydrogens is 362 g/mol. The summed E-state index contributed by atoms with van der Waals surface area (Å²) in [5.74, 6) is 0.608. The van der Waals surface area contributed by atoms with E-state index in [1.165, 1.54) is 0 Å². The van der Waals surface area contributed by atoms with Crippen molar-refractivity contribution in [2.75, 3.05) is 0 Å². The molecule has 4 nitrogen and oxygen atoms in total. The zero-order valence-electron chi connectivity index (χ0n) is 17.5. The van der Waals surface area contributed by atoms with Gasteiger partial charge in [0.05, 0.1) is 11.0 Å². The normalized spacial score (nSPS) is 17.8. The van der Waals surface area contributed by atoms with Crippen LogP contribution in [0.2, 0.25) is 0 Å². The van der Waals surface area contributed by atoms with Gasteiger partial charge in [-0.1, -0.05) is 36.8 Å². The molecule has 1 aliphatic rings.